The van der Waals surface area contributed by atoms with Crippen molar-refractivity contribution in [3.63, 3.8) is 0 Å². The Morgan fingerprint density at radius 2 is 0.869 bits per heavy atom. The van der Waals surface area contributed by atoms with Crippen LogP contribution in [0.3, 0.4) is 0 Å². The van der Waals surface area contributed by atoms with Gasteiger partial charge >= 0.3 is 0 Å². The summed E-state index contributed by atoms with van der Waals surface area (Å²) in [6.45, 7) is 2.60. The molecule has 8 rings (SSSR count). The standard InChI is InChI=1S/C17H23B3N9O4.C9H13BN6O2.C8H10B2N3O2.C8H10BN3O2.CH3N3/c1-28-5-10(23-26-28)8-30-12-2-16(18)32-15(12)7-29-6-11(24-27-29)9-31-13-3-17(20-19)33-14(13)4-22-25-21;1-16-4-6(13-15-16)5-17-7-2-9(10)18-8(7)3-12-14-11;1-2-3-14-6-4-8(10-9)15-7(6)5-12-13-11;1-2-3-13-6-4-8(9)14-7(6)5-11-12-10;1-3-4-2/h5-6,12-17H,2-4,7-9H2,1H3;4,7-9H,2-3,5H2,1H3;1,6-8H,3-5H2;1,6-8H,3-5H2;1H3. The molecule has 84 heavy (non-hydrogen) atoms. The molecule has 41 heteroatoms. The number of aryl methyl sites for hydroxylation is 2. The highest BCUT2D eigenvalue weighted by Gasteiger charge is 2.38. The Morgan fingerprint density at radius 1 is 0.536 bits per heavy atom. The largest absolute Gasteiger partial charge is 0.382 e. The molecule has 0 bridgehead atoms. The molecule has 5 aliphatic rings. The van der Waals surface area contributed by atoms with Gasteiger partial charge in [0.15, 0.2) is 0 Å². The van der Waals surface area contributed by atoms with Crippen LogP contribution < -0.4 is 0 Å². The van der Waals surface area contributed by atoms with Crippen LogP contribution in [-0.2, 0) is 87.8 Å². The van der Waals surface area contributed by atoms with Crippen molar-refractivity contribution in [3.05, 3.63) is 87.9 Å². The van der Waals surface area contributed by atoms with E-state index < -0.39 is 6.00 Å². The molecule has 34 nitrogen and oxygen atoms in total. The molecule has 5 aliphatic heterocycles. The fourth-order valence-electron chi connectivity index (χ4n) is 8.63. The first kappa shape index (κ1) is 69.6. The van der Waals surface area contributed by atoms with Gasteiger partial charge in [-0.25, -0.2) is 4.68 Å². The molecular formula is C43H59B7N24O10. The number of aromatic nitrogens is 9. The van der Waals surface area contributed by atoms with E-state index in [0.717, 1.165) is 11.4 Å². The molecule has 432 valence electrons. The molecule has 15 unspecified atom stereocenters. The third-order valence-corrected chi connectivity index (χ3v) is 12.3. The van der Waals surface area contributed by atoms with Crippen LogP contribution in [0.5, 0.6) is 0 Å². The van der Waals surface area contributed by atoms with Gasteiger partial charge in [-0.15, -0.1) is 28.1 Å². The minimum absolute atomic E-state index is 0.156. The zero-order valence-electron chi connectivity index (χ0n) is 46.5. The Kier molecular flexibility index (Phi) is 32.9. The lowest BCUT2D eigenvalue weighted by Gasteiger charge is -2.18. The van der Waals surface area contributed by atoms with Gasteiger partial charge in [0.1, 0.15) is 59.9 Å². The van der Waals surface area contributed by atoms with Gasteiger partial charge < -0.3 is 47.4 Å². The Hall–Kier alpha value is -6.86. The summed E-state index contributed by atoms with van der Waals surface area (Å²) >= 11 is 0. The maximum absolute atomic E-state index is 8.57. The van der Waals surface area contributed by atoms with E-state index in [1.54, 1.807) is 46.7 Å². The van der Waals surface area contributed by atoms with Gasteiger partial charge in [-0.1, -0.05) is 53.1 Å². The lowest BCUT2D eigenvalue weighted by atomic mass is 9.51. The van der Waals surface area contributed by atoms with Crippen molar-refractivity contribution in [3.8, 4) is 24.7 Å². The molecule has 0 aromatic carbocycles. The summed E-state index contributed by atoms with van der Waals surface area (Å²) in [6.07, 6.45) is 16.0. The topological polar surface area (TPSA) is 428 Å². The van der Waals surface area contributed by atoms with Gasteiger partial charge in [-0.05, 0) is 59.8 Å². The van der Waals surface area contributed by atoms with E-state index in [-0.39, 0.29) is 131 Å². The van der Waals surface area contributed by atoms with Crippen molar-refractivity contribution in [2.75, 3.05) is 46.4 Å². The van der Waals surface area contributed by atoms with Crippen molar-refractivity contribution in [2.24, 2.45) is 39.7 Å². The number of azide groups is 5. The summed E-state index contributed by atoms with van der Waals surface area (Å²) < 4.78 is 60.9. The Balaban J connectivity index is 0.000000252. The Bertz CT molecular complexity index is 2750. The summed E-state index contributed by atoms with van der Waals surface area (Å²) in [7, 11) is 36.1. The van der Waals surface area contributed by atoms with Gasteiger partial charge in [0.25, 0.3) is 0 Å². The van der Waals surface area contributed by atoms with Crippen LogP contribution in [0.15, 0.2) is 44.2 Å². The van der Waals surface area contributed by atoms with Crippen molar-refractivity contribution in [2.45, 2.75) is 150 Å². The average molecular weight is 1150 g/mol. The molecule has 0 spiro atoms. The molecule has 5 fully saturated rings. The van der Waals surface area contributed by atoms with E-state index in [1.165, 1.54) is 21.4 Å². The first-order valence-electron chi connectivity index (χ1n) is 25.9. The highest BCUT2D eigenvalue weighted by Crippen LogP contribution is 2.27. The monoisotopic (exact) mass is 1150 g/mol. The molecule has 0 amide bonds. The predicted octanol–water partition coefficient (Wildman–Crippen LogP) is 1.41. The highest BCUT2D eigenvalue weighted by atomic mass is 16.6. The third-order valence-electron chi connectivity index (χ3n) is 12.3. The second kappa shape index (κ2) is 39.6. The van der Waals surface area contributed by atoms with E-state index in [9.17, 15) is 0 Å². The number of terminal acetylenes is 2. The summed E-state index contributed by atoms with van der Waals surface area (Å²) in [5, 5.41) is 40.8. The molecule has 5 saturated heterocycles. The van der Waals surface area contributed by atoms with Gasteiger partial charge in [0.2, 0.25) is 0 Å². The molecule has 0 N–H and O–H groups in total. The lowest BCUT2D eigenvalue weighted by molar-refractivity contribution is -0.0300. The zero-order chi connectivity index (χ0) is 61.1. The lowest BCUT2D eigenvalue weighted by Crippen LogP contribution is -2.29. The quantitative estimate of drug-likeness (QED) is 0.0380. The third kappa shape index (κ3) is 25.2. The summed E-state index contributed by atoms with van der Waals surface area (Å²) in [4.78, 5) is 13.2. The molecule has 0 aliphatic carbocycles. The maximum atomic E-state index is 8.57. The highest BCUT2D eigenvalue weighted by molar-refractivity contribution is 6.90. The first-order valence-corrected chi connectivity index (χ1v) is 25.9. The average Bonchev–Trinajstić information content (AvgIpc) is 4.47. The van der Waals surface area contributed by atoms with E-state index in [0.29, 0.717) is 57.6 Å². The predicted molar refractivity (Wildman–Crippen MR) is 303 cm³/mol. The van der Waals surface area contributed by atoms with Crippen molar-refractivity contribution < 1.29 is 47.4 Å². The van der Waals surface area contributed by atoms with Crippen LogP contribution in [0.4, 0.5) is 0 Å². The second-order valence-corrected chi connectivity index (χ2v) is 18.4. The van der Waals surface area contributed by atoms with Crippen LogP contribution in [0.1, 0.15) is 49.2 Å². The fraction of sp³-hybridized carbons (Fsp3) is 0.767. The fourth-order valence-corrected chi connectivity index (χ4v) is 8.63. The molecule has 12 radical (unpaired) electrons. The van der Waals surface area contributed by atoms with Crippen LogP contribution >= 0.6 is 0 Å². The number of nitrogens with zero attached hydrogens (tertiary/aromatic N) is 24. The van der Waals surface area contributed by atoms with Gasteiger partial charge in [0.05, 0.1) is 140 Å². The molecule has 0 saturated carbocycles. The molecule has 3 aromatic rings. The molecule has 15 atom stereocenters. The number of ether oxygens (including phenoxy) is 10. The summed E-state index contributed by atoms with van der Waals surface area (Å²) in [5.74, 6) is 4.75. The summed E-state index contributed by atoms with van der Waals surface area (Å²) in [6, 6.07) is -1.55. The van der Waals surface area contributed by atoms with E-state index in [2.05, 4.69) is 92.9 Å². The molecule has 3 aromatic heterocycles. The minimum Gasteiger partial charge on any atom is -0.382 e. The normalized spacial score (nSPS) is 27.8. The van der Waals surface area contributed by atoms with Crippen molar-refractivity contribution >= 4 is 53.4 Å². The van der Waals surface area contributed by atoms with Crippen LogP contribution in [0.25, 0.3) is 52.2 Å². The summed E-state index contributed by atoms with van der Waals surface area (Å²) in [5.41, 5.74) is 42.7. The van der Waals surface area contributed by atoms with Crippen LogP contribution in [0.2, 0.25) is 0 Å². The van der Waals surface area contributed by atoms with Gasteiger partial charge in [0, 0.05) is 91.2 Å². The van der Waals surface area contributed by atoms with Crippen molar-refractivity contribution in [1.82, 2.24) is 45.0 Å². The van der Waals surface area contributed by atoms with E-state index in [4.69, 9.17) is 127 Å². The number of rotatable bonds is 25. The Labute approximate surface area is 492 Å². The number of hydrogen-bond acceptors (Lipinski definition) is 21. The SMILES string of the molecule is CN=[N+]=[N-].[B]C1CC(OCC#C)C(CN=[N+]=[N-])O1.[B]C1CC(OCc2cn(C)nn2)C(CN=[N+]=[N-])O1.[B][B]C1CC(OCC#C)C(CN=[N+]=[N-])O1.[B][B]C1CC(OCc2cn(CC3OC([B])CC3OCc3cn(C)nn3)nn2)C(CN=[N+]=[N-])O1. The van der Waals surface area contributed by atoms with Gasteiger partial charge in [-0.3, -0.25) is 9.36 Å². The van der Waals surface area contributed by atoms with Gasteiger partial charge in [-0.2, -0.15) is 0 Å². The van der Waals surface area contributed by atoms with Crippen LogP contribution in [-0.4, -0.2) is 236 Å². The minimum atomic E-state index is -0.407. The number of hydrogen-bond donors (Lipinski definition) is 0. The van der Waals surface area contributed by atoms with E-state index >= 15 is 0 Å². The first-order chi connectivity index (χ1) is 40.7. The maximum Gasteiger partial charge on any atom is 0.109 e. The van der Waals surface area contributed by atoms with Crippen molar-refractivity contribution in [1.29, 1.82) is 0 Å². The van der Waals surface area contributed by atoms with E-state index in [1.807, 2.05) is 0 Å². The van der Waals surface area contributed by atoms with Crippen LogP contribution in [0, 0.1) is 24.7 Å². The second-order valence-electron chi connectivity index (χ2n) is 18.4. The Morgan fingerprint density at radius 3 is 1.23 bits per heavy atom. The molecular weight excluding hydrogens is 1090 g/mol. The smallest absolute Gasteiger partial charge is 0.109 e. The zero-order valence-corrected chi connectivity index (χ0v) is 46.5. The molecule has 8 heterocycles.